The van der Waals surface area contributed by atoms with Crippen LogP contribution in [0.25, 0.3) is 0 Å². The zero-order chi connectivity index (χ0) is 8.20. The van der Waals surface area contributed by atoms with Crippen molar-refractivity contribution >= 4 is 9.45 Å². The second kappa shape index (κ2) is 4.08. The molecule has 4 heteroatoms. The lowest BCUT2D eigenvalue weighted by atomic mass is 10.1. The minimum absolute atomic E-state index is 0.0862. The fourth-order valence-electron chi connectivity index (χ4n) is 0.568. The van der Waals surface area contributed by atoms with E-state index >= 15 is 0 Å². The Labute approximate surface area is 64.6 Å². The molecule has 0 amide bonds. The van der Waals surface area contributed by atoms with Gasteiger partial charge < -0.3 is 8.85 Å². The normalized spacial score (nSPS) is 12.6. The fourth-order valence-corrected chi connectivity index (χ4v) is 1.70. The maximum atomic E-state index is 5.08. The molecule has 0 aliphatic carbocycles. The molecule has 0 unspecified atom stereocenters. The summed E-state index contributed by atoms with van der Waals surface area (Å²) in [5.41, 5.74) is 0.0862. The van der Waals surface area contributed by atoms with E-state index in [1.165, 1.54) is 0 Å². The van der Waals surface area contributed by atoms with Crippen LogP contribution in [0.5, 0.6) is 0 Å². The number of hydrogen-bond donors (Lipinski definition) is 1. The Morgan fingerprint density at radius 3 is 1.60 bits per heavy atom. The van der Waals surface area contributed by atoms with Gasteiger partial charge in [0.2, 0.25) is 0 Å². The van der Waals surface area contributed by atoms with E-state index in [-0.39, 0.29) is 5.54 Å². The van der Waals surface area contributed by atoms with Crippen LogP contribution in [-0.2, 0) is 8.85 Å². The number of hydrogen-bond acceptors (Lipinski definition) is 3. The van der Waals surface area contributed by atoms with E-state index in [4.69, 9.17) is 8.85 Å². The summed E-state index contributed by atoms with van der Waals surface area (Å²) in [5, 5.41) is 0. The maximum absolute atomic E-state index is 5.08. The molecule has 62 valence electrons. The Bertz CT molecular complexity index is 88.2. The van der Waals surface area contributed by atoms with Crippen molar-refractivity contribution < 1.29 is 8.85 Å². The molecule has 0 radical (unpaired) electrons. The molecule has 0 bridgehead atoms. The van der Waals surface area contributed by atoms with Crippen LogP contribution in [0.1, 0.15) is 20.8 Å². The Morgan fingerprint density at radius 2 is 1.50 bits per heavy atom. The Kier molecular flexibility index (Phi) is 4.11. The van der Waals surface area contributed by atoms with Gasteiger partial charge in [0.15, 0.2) is 0 Å². The van der Waals surface area contributed by atoms with Crippen molar-refractivity contribution in [1.29, 1.82) is 0 Å². The summed E-state index contributed by atoms with van der Waals surface area (Å²) in [6, 6.07) is 0. The topological polar surface area (TPSA) is 30.5 Å². The van der Waals surface area contributed by atoms with Crippen LogP contribution in [0.3, 0.4) is 0 Å². The molecule has 1 N–H and O–H groups in total. The van der Waals surface area contributed by atoms with Crippen molar-refractivity contribution in [1.82, 2.24) is 4.98 Å². The summed E-state index contributed by atoms with van der Waals surface area (Å²) in [5.74, 6) is 0. The molecule has 0 spiro atoms. The molecule has 0 aromatic rings. The van der Waals surface area contributed by atoms with Crippen LogP contribution >= 0.6 is 0 Å². The highest BCUT2D eigenvalue weighted by molar-refractivity contribution is 6.41. The predicted octanol–water partition coefficient (Wildman–Crippen LogP) is 0.384. The van der Waals surface area contributed by atoms with Crippen molar-refractivity contribution in [3.8, 4) is 0 Å². The minimum atomic E-state index is -1.57. The average molecular weight is 163 g/mol. The molecule has 0 aliphatic heterocycles. The smallest absolute Gasteiger partial charge is 0.388 e. The summed E-state index contributed by atoms with van der Waals surface area (Å²) < 4.78 is 10.2. The van der Waals surface area contributed by atoms with E-state index in [1.54, 1.807) is 14.2 Å². The molecule has 0 atom stereocenters. The van der Waals surface area contributed by atoms with E-state index in [1.807, 2.05) is 0 Å². The van der Waals surface area contributed by atoms with Gasteiger partial charge in [0.05, 0.1) is 0 Å². The number of rotatable bonds is 3. The lowest BCUT2D eigenvalue weighted by Crippen LogP contribution is -2.49. The monoisotopic (exact) mass is 163 g/mol. The Morgan fingerprint density at radius 1 is 1.10 bits per heavy atom. The summed E-state index contributed by atoms with van der Waals surface area (Å²) in [7, 11) is 1.76. The molecule has 0 saturated heterocycles. The van der Waals surface area contributed by atoms with Crippen LogP contribution in [0.15, 0.2) is 0 Å². The Hall–Kier alpha value is 0.0969. The van der Waals surface area contributed by atoms with E-state index in [0.717, 1.165) is 0 Å². The van der Waals surface area contributed by atoms with Crippen molar-refractivity contribution in [2.75, 3.05) is 14.2 Å². The molecular weight excluding hydrogens is 146 g/mol. The summed E-state index contributed by atoms with van der Waals surface area (Å²) >= 11 is 0. The zero-order valence-electron chi connectivity index (χ0n) is 7.39. The molecule has 10 heavy (non-hydrogen) atoms. The summed E-state index contributed by atoms with van der Waals surface area (Å²) in [6.45, 7) is 6.26. The highest BCUT2D eigenvalue weighted by Crippen LogP contribution is 1.99. The quantitative estimate of drug-likeness (QED) is 0.610. The van der Waals surface area contributed by atoms with Gasteiger partial charge in [-0.15, -0.1) is 0 Å². The first-order chi connectivity index (χ1) is 4.49. The van der Waals surface area contributed by atoms with Gasteiger partial charge >= 0.3 is 9.45 Å². The summed E-state index contributed by atoms with van der Waals surface area (Å²) in [6.07, 6.45) is 0. The molecule has 0 aromatic carbocycles. The van der Waals surface area contributed by atoms with Gasteiger partial charge in [0, 0.05) is 19.8 Å². The zero-order valence-corrected chi connectivity index (χ0v) is 8.55. The van der Waals surface area contributed by atoms with Gasteiger partial charge in [0.25, 0.3) is 0 Å². The van der Waals surface area contributed by atoms with Crippen molar-refractivity contribution in [2.45, 2.75) is 26.3 Å². The average Bonchev–Trinajstić information content (AvgIpc) is 1.81. The molecule has 0 aliphatic rings. The third-order valence-corrected chi connectivity index (χ3v) is 2.94. The first-order valence-corrected chi connectivity index (χ1v) is 4.85. The lowest BCUT2D eigenvalue weighted by molar-refractivity contribution is 0.249. The highest BCUT2D eigenvalue weighted by Gasteiger charge is 2.18. The van der Waals surface area contributed by atoms with Crippen molar-refractivity contribution in [2.24, 2.45) is 0 Å². The lowest BCUT2D eigenvalue weighted by Gasteiger charge is -2.24. The van der Waals surface area contributed by atoms with Gasteiger partial charge in [-0.2, -0.15) is 0 Å². The third-order valence-electron chi connectivity index (χ3n) is 0.979. The van der Waals surface area contributed by atoms with Crippen LogP contribution < -0.4 is 4.98 Å². The van der Waals surface area contributed by atoms with Crippen LogP contribution in [0.4, 0.5) is 0 Å². The van der Waals surface area contributed by atoms with E-state index in [9.17, 15) is 0 Å². The van der Waals surface area contributed by atoms with Gasteiger partial charge in [-0.3, -0.25) is 4.98 Å². The minimum Gasteiger partial charge on any atom is -0.388 e. The second-order valence-corrected chi connectivity index (χ2v) is 5.09. The highest BCUT2D eigenvalue weighted by atomic mass is 28.3. The van der Waals surface area contributed by atoms with Crippen molar-refractivity contribution in [3.05, 3.63) is 0 Å². The number of nitrogens with one attached hydrogen (secondary N) is 1. The van der Waals surface area contributed by atoms with Crippen LogP contribution in [-0.4, -0.2) is 29.2 Å². The van der Waals surface area contributed by atoms with Crippen LogP contribution in [0.2, 0.25) is 0 Å². The molecular formula is C6H17NO2Si. The van der Waals surface area contributed by atoms with Gasteiger partial charge in [-0.05, 0) is 20.8 Å². The molecule has 3 nitrogen and oxygen atoms in total. The standard InChI is InChI=1S/C6H17NO2Si/c1-6(2,3)7-10(8-4)9-5/h7,10H,1-5H3. The molecule has 0 rings (SSSR count). The first kappa shape index (κ1) is 10.1. The predicted molar refractivity (Wildman–Crippen MR) is 44.1 cm³/mol. The molecule has 0 aromatic heterocycles. The fraction of sp³-hybridized carbons (Fsp3) is 1.00. The summed E-state index contributed by atoms with van der Waals surface area (Å²) in [4.78, 5) is 3.25. The second-order valence-electron chi connectivity index (χ2n) is 3.20. The third kappa shape index (κ3) is 4.93. The maximum Gasteiger partial charge on any atom is 0.408 e. The molecule has 0 fully saturated rings. The van der Waals surface area contributed by atoms with E-state index in [2.05, 4.69) is 25.8 Å². The van der Waals surface area contributed by atoms with Gasteiger partial charge in [0.1, 0.15) is 0 Å². The largest absolute Gasteiger partial charge is 0.408 e. The van der Waals surface area contributed by atoms with Crippen LogP contribution in [0, 0.1) is 0 Å². The first-order valence-electron chi connectivity index (χ1n) is 3.33. The van der Waals surface area contributed by atoms with Crippen molar-refractivity contribution in [3.63, 3.8) is 0 Å². The van der Waals surface area contributed by atoms with Gasteiger partial charge in [-0.1, -0.05) is 0 Å². The van der Waals surface area contributed by atoms with Gasteiger partial charge in [-0.25, -0.2) is 0 Å². The molecule has 0 saturated carbocycles. The SMILES string of the molecule is CO[SiH](NC(C)(C)C)OC. The van der Waals surface area contributed by atoms with E-state index in [0.29, 0.717) is 0 Å². The molecule has 0 heterocycles. The Balaban J connectivity index is 3.63. The van der Waals surface area contributed by atoms with E-state index < -0.39 is 9.45 Å².